The minimum absolute atomic E-state index is 0.0311. The van der Waals surface area contributed by atoms with Gasteiger partial charge in [-0.1, -0.05) is 0 Å². The van der Waals surface area contributed by atoms with E-state index in [-0.39, 0.29) is 25.0 Å². The molecule has 0 radical (unpaired) electrons. The molecule has 1 saturated heterocycles. The van der Waals surface area contributed by atoms with Gasteiger partial charge in [-0.15, -0.1) is 0 Å². The minimum atomic E-state index is -0.851. The van der Waals surface area contributed by atoms with Crippen molar-refractivity contribution in [1.82, 2.24) is 4.90 Å². The van der Waals surface area contributed by atoms with Crippen molar-refractivity contribution in [3.63, 3.8) is 0 Å². The molecular weight excluding hydrogens is 248 g/mol. The van der Waals surface area contributed by atoms with Crippen LogP contribution < -0.4 is 5.73 Å². The van der Waals surface area contributed by atoms with Crippen LogP contribution in [-0.2, 0) is 11.3 Å². The van der Waals surface area contributed by atoms with E-state index in [4.69, 9.17) is 15.3 Å². The average Bonchev–Trinajstić information content (AvgIpc) is 2.86. The highest BCUT2D eigenvalue weighted by atomic mass is 16.4. The Bertz CT molecular complexity index is 483. The quantitative estimate of drug-likeness (QED) is 0.852. The van der Waals surface area contributed by atoms with Crippen LogP contribution >= 0.6 is 0 Å². The monoisotopic (exact) mass is 266 g/mol. The molecule has 0 saturated carbocycles. The molecule has 2 rings (SSSR count). The number of likely N-dealkylation sites (tertiary alicyclic amines) is 1. The molecule has 0 aromatic carbocycles. The maximum Gasteiger partial charge on any atom is 0.308 e. The van der Waals surface area contributed by atoms with Crippen LogP contribution in [0.2, 0.25) is 0 Å². The second-order valence-corrected chi connectivity index (χ2v) is 4.88. The Kier molecular flexibility index (Phi) is 3.90. The fourth-order valence-corrected chi connectivity index (χ4v) is 2.44. The lowest BCUT2D eigenvalue weighted by atomic mass is 9.93. The van der Waals surface area contributed by atoms with E-state index < -0.39 is 11.9 Å². The summed E-state index contributed by atoms with van der Waals surface area (Å²) in [5.74, 6) is -1.10. The van der Waals surface area contributed by atoms with Crippen LogP contribution in [0.1, 0.15) is 35.9 Å². The van der Waals surface area contributed by atoms with Crippen molar-refractivity contribution < 1.29 is 19.1 Å². The summed E-state index contributed by atoms with van der Waals surface area (Å²) in [5, 5.41) is 9.08. The molecule has 0 aliphatic carbocycles. The largest absolute Gasteiger partial charge is 0.481 e. The molecule has 6 heteroatoms. The molecule has 3 N–H and O–H groups in total. The highest BCUT2D eigenvalue weighted by molar-refractivity contribution is 5.95. The predicted molar refractivity (Wildman–Crippen MR) is 67.5 cm³/mol. The Hall–Kier alpha value is -1.82. The second kappa shape index (κ2) is 5.44. The molecule has 1 aliphatic rings. The third-order valence-electron chi connectivity index (χ3n) is 3.65. The van der Waals surface area contributed by atoms with E-state index in [0.29, 0.717) is 24.2 Å². The molecular formula is C13H18N2O4. The van der Waals surface area contributed by atoms with Gasteiger partial charge in [-0.3, -0.25) is 9.59 Å². The van der Waals surface area contributed by atoms with Crippen LogP contribution in [0.3, 0.4) is 0 Å². The fraction of sp³-hybridized carbons (Fsp3) is 0.538. The molecule has 1 aromatic heterocycles. The van der Waals surface area contributed by atoms with Crippen LogP contribution in [0.5, 0.6) is 0 Å². The summed E-state index contributed by atoms with van der Waals surface area (Å²) >= 11 is 0. The summed E-state index contributed by atoms with van der Waals surface area (Å²) in [6.45, 7) is 2.32. The first-order chi connectivity index (χ1) is 9.04. The number of hydrogen-bond donors (Lipinski definition) is 2. The number of carboxylic acids is 1. The zero-order valence-corrected chi connectivity index (χ0v) is 10.8. The number of nitrogens with two attached hydrogens (primary N) is 1. The lowest BCUT2D eigenvalue weighted by molar-refractivity contribution is -0.143. The molecule has 2 unspecified atom stereocenters. The van der Waals surface area contributed by atoms with E-state index in [2.05, 4.69) is 0 Å². The van der Waals surface area contributed by atoms with Gasteiger partial charge in [0, 0.05) is 12.6 Å². The highest BCUT2D eigenvalue weighted by Gasteiger charge is 2.34. The number of hydrogen-bond acceptors (Lipinski definition) is 4. The number of amides is 1. The Labute approximate surface area is 111 Å². The van der Waals surface area contributed by atoms with Gasteiger partial charge in [-0.2, -0.15) is 0 Å². The van der Waals surface area contributed by atoms with Gasteiger partial charge in [0.15, 0.2) is 0 Å². The Morgan fingerprint density at radius 3 is 2.89 bits per heavy atom. The van der Waals surface area contributed by atoms with Crippen molar-refractivity contribution in [3.8, 4) is 0 Å². The van der Waals surface area contributed by atoms with Gasteiger partial charge in [0.25, 0.3) is 5.91 Å². The van der Waals surface area contributed by atoms with Crippen LogP contribution in [-0.4, -0.2) is 34.5 Å². The van der Waals surface area contributed by atoms with E-state index in [9.17, 15) is 9.59 Å². The van der Waals surface area contributed by atoms with E-state index in [1.54, 1.807) is 11.0 Å². The van der Waals surface area contributed by atoms with E-state index in [1.165, 1.54) is 6.26 Å². The van der Waals surface area contributed by atoms with E-state index in [1.807, 2.05) is 6.92 Å². The van der Waals surface area contributed by atoms with Crippen LogP contribution in [0.4, 0.5) is 0 Å². The summed E-state index contributed by atoms with van der Waals surface area (Å²) in [7, 11) is 0. The standard InChI is InChI=1S/C13H18N2O4/c1-8-2-3-9(13(17)18)7-15(8)12(16)10-4-5-19-11(10)6-14/h4-5,8-9H,2-3,6-7,14H2,1H3,(H,17,18). The first kappa shape index (κ1) is 13.6. The molecule has 1 aromatic rings. The first-order valence-corrected chi connectivity index (χ1v) is 6.34. The first-order valence-electron chi connectivity index (χ1n) is 6.34. The van der Waals surface area contributed by atoms with E-state index >= 15 is 0 Å². The number of furan rings is 1. The predicted octanol–water partition coefficient (Wildman–Crippen LogP) is 1.06. The Morgan fingerprint density at radius 2 is 2.26 bits per heavy atom. The maximum absolute atomic E-state index is 12.4. The molecule has 0 bridgehead atoms. The zero-order valence-electron chi connectivity index (χ0n) is 10.8. The van der Waals surface area contributed by atoms with Crippen molar-refractivity contribution in [2.24, 2.45) is 11.7 Å². The molecule has 1 fully saturated rings. The summed E-state index contributed by atoms with van der Waals surface area (Å²) in [6, 6.07) is 1.62. The molecule has 0 spiro atoms. The van der Waals surface area contributed by atoms with Gasteiger partial charge < -0.3 is 20.2 Å². The van der Waals surface area contributed by atoms with Gasteiger partial charge in [-0.05, 0) is 25.8 Å². The lowest BCUT2D eigenvalue weighted by Crippen LogP contribution is -2.47. The topological polar surface area (TPSA) is 96.8 Å². The average molecular weight is 266 g/mol. The van der Waals surface area contributed by atoms with Crippen molar-refractivity contribution in [1.29, 1.82) is 0 Å². The van der Waals surface area contributed by atoms with Crippen molar-refractivity contribution in [3.05, 3.63) is 23.7 Å². The maximum atomic E-state index is 12.4. The molecule has 1 aliphatic heterocycles. The molecule has 6 nitrogen and oxygen atoms in total. The third-order valence-corrected chi connectivity index (χ3v) is 3.65. The minimum Gasteiger partial charge on any atom is -0.481 e. The van der Waals surface area contributed by atoms with Crippen LogP contribution in [0, 0.1) is 5.92 Å². The number of carbonyl (C=O) groups is 2. The highest BCUT2D eigenvalue weighted by Crippen LogP contribution is 2.25. The van der Waals surface area contributed by atoms with Crippen molar-refractivity contribution >= 4 is 11.9 Å². The normalized spacial score (nSPS) is 23.4. The van der Waals surface area contributed by atoms with Gasteiger partial charge >= 0.3 is 5.97 Å². The Balaban J connectivity index is 2.19. The number of rotatable bonds is 3. The van der Waals surface area contributed by atoms with Crippen molar-refractivity contribution in [2.75, 3.05) is 6.54 Å². The number of piperidine rings is 1. The summed E-state index contributed by atoms with van der Waals surface area (Å²) in [5.41, 5.74) is 5.94. The summed E-state index contributed by atoms with van der Waals surface area (Å²) in [4.78, 5) is 25.1. The number of carboxylic acid groups (broad SMARTS) is 1. The molecule has 19 heavy (non-hydrogen) atoms. The molecule has 1 amide bonds. The fourth-order valence-electron chi connectivity index (χ4n) is 2.44. The molecule has 2 atom stereocenters. The van der Waals surface area contributed by atoms with Gasteiger partial charge in [-0.25, -0.2) is 0 Å². The van der Waals surface area contributed by atoms with Gasteiger partial charge in [0.1, 0.15) is 5.76 Å². The van der Waals surface area contributed by atoms with Crippen LogP contribution in [0.25, 0.3) is 0 Å². The Morgan fingerprint density at radius 1 is 1.53 bits per heavy atom. The second-order valence-electron chi connectivity index (χ2n) is 4.88. The van der Waals surface area contributed by atoms with Crippen LogP contribution in [0.15, 0.2) is 16.7 Å². The zero-order chi connectivity index (χ0) is 14.0. The van der Waals surface area contributed by atoms with Crippen molar-refractivity contribution in [2.45, 2.75) is 32.4 Å². The summed E-state index contributed by atoms with van der Waals surface area (Å²) in [6.07, 6.45) is 2.73. The van der Waals surface area contributed by atoms with Gasteiger partial charge in [0.2, 0.25) is 0 Å². The molecule has 104 valence electrons. The number of nitrogens with zero attached hydrogens (tertiary/aromatic N) is 1. The lowest BCUT2D eigenvalue weighted by Gasteiger charge is -2.36. The SMILES string of the molecule is CC1CCC(C(=O)O)CN1C(=O)c1ccoc1CN. The van der Waals surface area contributed by atoms with Gasteiger partial charge in [0.05, 0.1) is 24.3 Å². The summed E-state index contributed by atoms with van der Waals surface area (Å²) < 4.78 is 5.15. The smallest absolute Gasteiger partial charge is 0.308 e. The third kappa shape index (κ3) is 2.63. The van der Waals surface area contributed by atoms with E-state index in [0.717, 1.165) is 0 Å². The number of aliphatic carboxylic acids is 1. The number of carbonyl (C=O) groups excluding carboxylic acids is 1. The molecule has 2 heterocycles.